The van der Waals surface area contributed by atoms with Crippen molar-refractivity contribution >= 4 is 63.0 Å². The number of thiophene rings is 2. The zero-order valence-electron chi connectivity index (χ0n) is 24.7. The van der Waals surface area contributed by atoms with Crippen molar-refractivity contribution in [3.05, 3.63) is 157 Å². The minimum absolute atomic E-state index is 0.691. The summed E-state index contributed by atoms with van der Waals surface area (Å²) in [7, 11) is 0. The van der Waals surface area contributed by atoms with Gasteiger partial charge in [-0.3, -0.25) is 0 Å². The van der Waals surface area contributed by atoms with Gasteiger partial charge in [-0.25, -0.2) is 0 Å². The van der Waals surface area contributed by atoms with Crippen molar-refractivity contribution < 1.29 is 0 Å². The Bertz CT molecular complexity index is 2650. The van der Waals surface area contributed by atoms with Crippen LogP contribution in [0.15, 0.2) is 152 Å². The molecule has 2 heterocycles. The summed E-state index contributed by atoms with van der Waals surface area (Å²) < 4.78 is 5.17. The van der Waals surface area contributed by atoms with E-state index in [1.54, 1.807) is 0 Å². The number of hydrogen-bond donors (Lipinski definition) is 0. The molecule has 0 amide bonds. The lowest BCUT2D eigenvalue weighted by molar-refractivity contribution is 1.47. The van der Waals surface area contributed by atoms with Gasteiger partial charge < -0.3 is 0 Å². The van der Waals surface area contributed by atoms with Gasteiger partial charge in [0.25, 0.3) is 0 Å². The highest BCUT2D eigenvalue weighted by atomic mass is 32.1. The normalized spacial score (nSPS) is 11.5. The van der Waals surface area contributed by atoms with Crippen molar-refractivity contribution in [2.75, 3.05) is 0 Å². The number of hydrogen-bond acceptors (Lipinski definition) is 3. The Morgan fingerprint density at radius 1 is 0.370 bits per heavy atom. The molecule has 0 aliphatic heterocycles. The molecule has 0 radical (unpaired) electrons. The van der Waals surface area contributed by atoms with Gasteiger partial charge >= 0.3 is 0 Å². The molecule has 0 bridgehead atoms. The molecule has 0 saturated heterocycles. The van der Waals surface area contributed by atoms with Crippen LogP contribution in [0, 0.1) is 11.3 Å². The van der Waals surface area contributed by atoms with Crippen LogP contribution in [0.25, 0.3) is 84.9 Å². The molecule has 1 nitrogen and oxygen atoms in total. The average Bonchev–Trinajstić information content (AvgIpc) is 3.69. The zero-order chi connectivity index (χ0) is 30.6. The maximum absolute atomic E-state index is 10.6. The molecule has 7 aromatic carbocycles. The van der Waals surface area contributed by atoms with Crippen molar-refractivity contribution in [2.24, 2.45) is 0 Å². The molecular formula is C43H25NS2. The van der Waals surface area contributed by atoms with Crippen molar-refractivity contribution in [1.82, 2.24) is 0 Å². The summed E-state index contributed by atoms with van der Waals surface area (Å²) in [6.07, 6.45) is 0. The van der Waals surface area contributed by atoms with Gasteiger partial charge in [0.1, 0.15) is 6.07 Å². The van der Waals surface area contributed by atoms with Crippen molar-refractivity contribution in [3.8, 4) is 50.6 Å². The lowest BCUT2D eigenvalue weighted by Crippen LogP contribution is -1.92. The highest BCUT2D eigenvalue weighted by molar-refractivity contribution is 7.26. The van der Waals surface area contributed by atoms with Gasteiger partial charge in [-0.05, 0) is 75.8 Å². The summed E-state index contributed by atoms with van der Waals surface area (Å²) in [6, 6.07) is 56.6. The third-order valence-electron chi connectivity index (χ3n) is 8.93. The van der Waals surface area contributed by atoms with Crippen LogP contribution in [0.3, 0.4) is 0 Å². The Morgan fingerprint density at radius 2 is 0.935 bits per heavy atom. The lowest BCUT2D eigenvalue weighted by Gasteiger charge is -2.15. The first-order valence-corrected chi connectivity index (χ1v) is 16.9. The monoisotopic (exact) mass is 619 g/mol. The third kappa shape index (κ3) is 4.35. The molecule has 214 valence electrons. The van der Waals surface area contributed by atoms with Crippen LogP contribution in [0.1, 0.15) is 5.56 Å². The minimum Gasteiger partial charge on any atom is -0.192 e. The molecule has 0 spiro atoms. The SMILES string of the molecule is N#Cc1c(-c2ccccc2)cccc1-c1cc(-c2ccc3sc4ccccc4c3c2)cc(-c2cccc3c2sc2ccccc23)c1. The predicted octanol–water partition coefficient (Wildman–Crippen LogP) is 13.0. The second-order valence-electron chi connectivity index (χ2n) is 11.6. The van der Waals surface area contributed by atoms with Gasteiger partial charge in [0.15, 0.2) is 0 Å². The second-order valence-corrected chi connectivity index (χ2v) is 13.7. The van der Waals surface area contributed by atoms with E-state index in [4.69, 9.17) is 0 Å². The number of benzene rings is 7. The average molecular weight is 620 g/mol. The van der Waals surface area contributed by atoms with Gasteiger partial charge in [0, 0.05) is 51.5 Å². The predicted molar refractivity (Wildman–Crippen MR) is 199 cm³/mol. The molecule has 0 aliphatic rings. The Labute approximate surface area is 274 Å². The first-order valence-electron chi connectivity index (χ1n) is 15.3. The van der Waals surface area contributed by atoms with Crippen LogP contribution in [0.2, 0.25) is 0 Å². The first kappa shape index (κ1) is 26.8. The molecule has 2 aromatic heterocycles. The summed E-state index contributed by atoms with van der Waals surface area (Å²) >= 11 is 3.69. The first-order chi connectivity index (χ1) is 22.7. The fraction of sp³-hybridized carbons (Fsp3) is 0. The second kappa shape index (κ2) is 10.8. The van der Waals surface area contributed by atoms with E-state index in [0.717, 1.165) is 33.4 Å². The molecule has 0 saturated carbocycles. The van der Waals surface area contributed by atoms with Gasteiger partial charge in [-0.15, -0.1) is 22.7 Å². The molecule has 46 heavy (non-hydrogen) atoms. The minimum atomic E-state index is 0.691. The van der Waals surface area contributed by atoms with E-state index in [1.807, 2.05) is 40.9 Å². The highest BCUT2D eigenvalue weighted by Gasteiger charge is 2.17. The van der Waals surface area contributed by atoms with Crippen molar-refractivity contribution in [3.63, 3.8) is 0 Å². The Hall–Kier alpha value is -5.53. The van der Waals surface area contributed by atoms with Crippen LogP contribution in [0.4, 0.5) is 0 Å². The molecule has 0 atom stereocenters. The van der Waals surface area contributed by atoms with E-state index >= 15 is 0 Å². The Kier molecular flexibility index (Phi) is 6.31. The molecule has 0 N–H and O–H groups in total. The van der Waals surface area contributed by atoms with Crippen LogP contribution in [-0.2, 0) is 0 Å². The maximum atomic E-state index is 10.6. The van der Waals surface area contributed by atoms with E-state index in [-0.39, 0.29) is 0 Å². The highest BCUT2D eigenvalue weighted by Crippen LogP contribution is 2.44. The fourth-order valence-electron chi connectivity index (χ4n) is 6.76. The van der Waals surface area contributed by atoms with Crippen LogP contribution < -0.4 is 0 Å². The standard InChI is InChI=1S/C43H25NS2/c44-26-39-32(27-10-2-1-3-11-27)14-8-15-33(39)30-22-29(28-20-21-42-38(25-28)36-13-5-6-18-40(36)45-42)23-31(24-30)34-16-9-17-37-35-12-4-7-19-41(35)46-43(34)37/h1-25H. The quantitative estimate of drug-likeness (QED) is 0.192. The fourth-order valence-corrected chi connectivity index (χ4v) is 9.08. The Balaban J connectivity index is 1.32. The number of nitrogens with zero attached hydrogens (tertiary/aromatic N) is 1. The van der Waals surface area contributed by atoms with E-state index < -0.39 is 0 Å². The van der Waals surface area contributed by atoms with Crippen molar-refractivity contribution in [1.29, 1.82) is 5.26 Å². The molecule has 9 rings (SSSR count). The van der Waals surface area contributed by atoms with Gasteiger partial charge in [0.05, 0.1) is 5.56 Å². The molecule has 0 unspecified atom stereocenters. The van der Waals surface area contributed by atoms with Crippen molar-refractivity contribution in [2.45, 2.75) is 0 Å². The van der Waals surface area contributed by atoms with E-state index in [9.17, 15) is 5.26 Å². The number of fused-ring (bicyclic) bond motifs is 6. The summed E-state index contributed by atoms with van der Waals surface area (Å²) in [5.74, 6) is 0. The van der Waals surface area contributed by atoms with Crippen LogP contribution >= 0.6 is 22.7 Å². The molecule has 3 heteroatoms. The smallest absolute Gasteiger partial charge is 0.100 e. The Morgan fingerprint density at radius 3 is 1.72 bits per heavy atom. The summed E-state index contributed by atoms with van der Waals surface area (Å²) in [4.78, 5) is 0. The molecule has 0 fully saturated rings. The maximum Gasteiger partial charge on any atom is 0.100 e. The van der Waals surface area contributed by atoms with Crippen LogP contribution in [0.5, 0.6) is 0 Å². The molecule has 9 aromatic rings. The lowest BCUT2D eigenvalue weighted by atomic mass is 9.88. The summed E-state index contributed by atoms with van der Waals surface area (Å²) in [5, 5.41) is 15.7. The van der Waals surface area contributed by atoms with Gasteiger partial charge in [0.2, 0.25) is 0 Å². The molecular weight excluding hydrogens is 595 g/mol. The zero-order valence-corrected chi connectivity index (χ0v) is 26.3. The largest absolute Gasteiger partial charge is 0.192 e. The number of rotatable bonds is 4. The van der Waals surface area contributed by atoms with Gasteiger partial charge in [-0.2, -0.15) is 5.26 Å². The van der Waals surface area contributed by atoms with E-state index in [1.165, 1.54) is 51.5 Å². The summed E-state index contributed by atoms with van der Waals surface area (Å²) in [6.45, 7) is 0. The number of nitriles is 1. The summed E-state index contributed by atoms with van der Waals surface area (Å²) in [5.41, 5.74) is 9.32. The third-order valence-corrected chi connectivity index (χ3v) is 11.3. The van der Waals surface area contributed by atoms with Gasteiger partial charge in [-0.1, -0.05) is 109 Å². The van der Waals surface area contributed by atoms with E-state index in [2.05, 4.69) is 140 Å². The van der Waals surface area contributed by atoms with E-state index in [0.29, 0.717) is 5.56 Å². The van der Waals surface area contributed by atoms with Crippen LogP contribution in [-0.4, -0.2) is 0 Å². The molecule has 0 aliphatic carbocycles. The topological polar surface area (TPSA) is 23.8 Å².